The largest absolute Gasteiger partial charge is 0.411 e. The maximum absolute atomic E-state index is 12.2. The molecule has 0 atom stereocenters. The maximum atomic E-state index is 12.2. The first kappa shape index (κ1) is 20.4. The van der Waals surface area contributed by atoms with Gasteiger partial charge in [0.25, 0.3) is 5.22 Å². The Bertz CT molecular complexity index is 978. The number of thioether (sulfide) groups is 1. The van der Waals surface area contributed by atoms with E-state index in [4.69, 9.17) is 16.0 Å². The normalized spacial score (nSPS) is 11.5. The molecular weight excluding hydrogens is 394 g/mol. The Hall–Kier alpha value is -2.31. The Morgan fingerprint density at radius 1 is 1.14 bits per heavy atom. The lowest BCUT2D eigenvalue weighted by Crippen LogP contribution is -2.14. The van der Waals surface area contributed by atoms with Gasteiger partial charge in [0.1, 0.15) is 0 Å². The second-order valence-electron chi connectivity index (χ2n) is 7.52. The third-order valence-electron chi connectivity index (χ3n) is 4.13. The lowest BCUT2D eigenvalue weighted by molar-refractivity contribution is -0.113. The molecule has 1 heterocycles. The summed E-state index contributed by atoms with van der Waals surface area (Å²) in [6, 6.07) is 13.5. The van der Waals surface area contributed by atoms with Gasteiger partial charge in [-0.15, -0.1) is 10.2 Å². The van der Waals surface area contributed by atoms with Crippen LogP contribution in [0.1, 0.15) is 31.9 Å². The molecule has 2 aromatic carbocycles. The molecule has 0 unspecified atom stereocenters. The van der Waals surface area contributed by atoms with Gasteiger partial charge >= 0.3 is 0 Å². The van der Waals surface area contributed by atoms with Gasteiger partial charge in [-0.05, 0) is 47.7 Å². The molecule has 0 aliphatic carbocycles. The molecule has 0 fully saturated rings. The number of halogens is 1. The van der Waals surface area contributed by atoms with Crippen molar-refractivity contribution in [2.75, 3.05) is 11.1 Å². The second kappa shape index (κ2) is 8.37. The van der Waals surface area contributed by atoms with Crippen LogP contribution in [0.2, 0.25) is 5.02 Å². The van der Waals surface area contributed by atoms with Crippen molar-refractivity contribution in [3.05, 3.63) is 58.6 Å². The minimum absolute atomic E-state index is 0.0854. The molecule has 0 aliphatic rings. The molecule has 3 rings (SSSR count). The molecule has 146 valence electrons. The summed E-state index contributed by atoms with van der Waals surface area (Å²) in [5, 5.41) is 11.7. The van der Waals surface area contributed by atoms with Crippen LogP contribution >= 0.6 is 23.4 Å². The van der Waals surface area contributed by atoms with E-state index in [9.17, 15) is 4.79 Å². The van der Waals surface area contributed by atoms with Crippen molar-refractivity contribution in [2.45, 2.75) is 38.3 Å². The van der Waals surface area contributed by atoms with E-state index in [1.807, 2.05) is 25.1 Å². The van der Waals surface area contributed by atoms with Crippen LogP contribution in [0, 0.1) is 6.92 Å². The van der Waals surface area contributed by atoms with Gasteiger partial charge in [0.05, 0.1) is 16.5 Å². The Morgan fingerprint density at radius 2 is 1.86 bits per heavy atom. The fourth-order valence-corrected chi connectivity index (χ4v) is 3.38. The van der Waals surface area contributed by atoms with Gasteiger partial charge in [0, 0.05) is 5.56 Å². The van der Waals surface area contributed by atoms with Crippen LogP contribution in [0.5, 0.6) is 0 Å². The van der Waals surface area contributed by atoms with E-state index in [1.165, 1.54) is 17.3 Å². The van der Waals surface area contributed by atoms with E-state index in [1.54, 1.807) is 12.1 Å². The number of nitrogens with zero attached hydrogens (tertiary/aromatic N) is 2. The lowest BCUT2D eigenvalue weighted by atomic mass is 9.87. The van der Waals surface area contributed by atoms with Crippen LogP contribution in [-0.4, -0.2) is 21.9 Å². The average Bonchev–Trinajstić information content (AvgIpc) is 3.11. The van der Waals surface area contributed by atoms with Crippen molar-refractivity contribution in [1.82, 2.24) is 10.2 Å². The van der Waals surface area contributed by atoms with E-state index in [2.05, 4.69) is 48.4 Å². The van der Waals surface area contributed by atoms with Crippen molar-refractivity contribution < 1.29 is 9.21 Å². The molecule has 1 aromatic heterocycles. The summed E-state index contributed by atoms with van der Waals surface area (Å²) < 4.78 is 5.67. The van der Waals surface area contributed by atoms with Crippen LogP contribution in [-0.2, 0) is 10.2 Å². The monoisotopic (exact) mass is 415 g/mol. The first-order valence-corrected chi connectivity index (χ1v) is 10.2. The minimum atomic E-state index is -0.190. The number of hydrogen-bond acceptors (Lipinski definition) is 5. The van der Waals surface area contributed by atoms with E-state index < -0.39 is 0 Å². The number of carbonyl (C=O) groups is 1. The summed E-state index contributed by atoms with van der Waals surface area (Å²) in [4.78, 5) is 12.2. The SMILES string of the molecule is Cc1ccc(NC(=O)CSc2nnc(-c3ccc(C(C)(C)C)cc3)o2)c(Cl)c1. The van der Waals surface area contributed by atoms with Gasteiger partial charge in [-0.3, -0.25) is 4.79 Å². The zero-order chi connectivity index (χ0) is 20.3. The number of aromatic nitrogens is 2. The smallest absolute Gasteiger partial charge is 0.277 e. The van der Waals surface area contributed by atoms with E-state index >= 15 is 0 Å². The van der Waals surface area contributed by atoms with Gasteiger partial charge < -0.3 is 9.73 Å². The van der Waals surface area contributed by atoms with E-state index in [-0.39, 0.29) is 17.1 Å². The molecule has 0 bridgehead atoms. The molecule has 0 radical (unpaired) electrons. The van der Waals surface area contributed by atoms with Crippen molar-refractivity contribution in [3.63, 3.8) is 0 Å². The highest BCUT2D eigenvalue weighted by atomic mass is 35.5. The third-order valence-corrected chi connectivity index (χ3v) is 5.26. The number of benzene rings is 2. The van der Waals surface area contributed by atoms with E-state index in [0.29, 0.717) is 21.8 Å². The predicted octanol–water partition coefficient (Wildman–Crippen LogP) is 5.73. The molecule has 3 aromatic rings. The Kier molecular flexibility index (Phi) is 6.10. The molecule has 1 amide bonds. The van der Waals surface area contributed by atoms with E-state index in [0.717, 1.165) is 11.1 Å². The van der Waals surface area contributed by atoms with Crippen molar-refractivity contribution in [2.24, 2.45) is 0 Å². The summed E-state index contributed by atoms with van der Waals surface area (Å²) >= 11 is 7.32. The standard InChI is InChI=1S/C21H22ClN3O2S/c1-13-5-10-17(16(22)11-13)23-18(26)12-28-20-25-24-19(27-20)14-6-8-15(9-7-14)21(2,3)4/h5-11H,12H2,1-4H3,(H,23,26). The molecule has 0 saturated heterocycles. The predicted molar refractivity (Wildman–Crippen MR) is 114 cm³/mol. The molecule has 7 heteroatoms. The highest BCUT2D eigenvalue weighted by Gasteiger charge is 2.15. The Balaban J connectivity index is 1.59. The van der Waals surface area contributed by atoms with Gasteiger partial charge in [-0.1, -0.05) is 62.3 Å². The maximum Gasteiger partial charge on any atom is 0.277 e. The van der Waals surface area contributed by atoms with Gasteiger partial charge in [-0.25, -0.2) is 0 Å². The number of nitrogens with one attached hydrogen (secondary N) is 1. The summed E-state index contributed by atoms with van der Waals surface area (Å²) in [6.45, 7) is 8.44. The zero-order valence-electron chi connectivity index (χ0n) is 16.2. The number of carbonyl (C=O) groups excluding carboxylic acids is 1. The Morgan fingerprint density at radius 3 is 2.50 bits per heavy atom. The summed E-state index contributed by atoms with van der Waals surface area (Å²) in [5.74, 6) is 0.393. The zero-order valence-corrected chi connectivity index (χ0v) is 17.8. The lowest BCUT2D eigenvalue weighted by Gasteiger charge is -2.18. The van der Waals surface area contributed by atoms with Crippen LogP contribution in [0.15, 0.2) is 52.1 Å². The van der Waals surface area contributed by atoms with Gasteiger partial charge in [0.15, 0.2) is 0 Å². The van der Waals surface area contributed by atoms with Crippen LogP contribution in [0.4, 0.5) is 5.69 Å². The molecule has 0 spiro atoms. The Labute approximate surface area is 173 Å². The van der Waals surface area contributed by atoms with Crippen molar-refractivity contribution >= 4 is 35.0 Å². The second-order valence-corrected chi connectivity index (χ2v) is 8.85. The highest BCUT2D eigenvalue weighted by molar-refractivity contribution is 7.99. The number of aryl methyl sites for hydroxylation is 1. The van der Waals surface area contributed by atoms with Crippen LogP contribution < -0.4 is 5.32 Å². The van der Waals surface area contributed by atoms with Gasteiger partial charge in [-0.2, -0.15) is 0 Å². The first-order chi connectivity index (χ1) is 13.2. The van der Waals surface area contributed by atoms with Crippen molar-refractivity contribution in [1.29, 1.82) is 0 Å². The third kappa shape index (κ3) is 5.14. The number of rotatable bonds is 5. The molecule has 5 nitrogen and oxygen atoms in total. The number of amides is 1. The summed E-state index contributed by atoms with van der Waals surface area (Å²) in [6.07, 6.45) is 0. The summed E-state index contributed by atoms with van der Waals surface area (Å²) in [5.41, 5.74) is 3.79. The quantitative estimate of drug-likeness (QED) is 0.539. The fraction of sp³-hybridized carbons (Fsp3) is 0.286. The summed E-state index contributed by atoms with van der Waals surface area (Å²) in [7, 11) is 0. The molecule has 1 N–H and O–H groups in total. The number of anilines is 1. The fourth-order valence-electron chi connectivity index (χ4n) is 2.53. The molecule has 28 heavy (non-hydrogen) atoms. The minimum Gasteiger partial charge on any atom is -0.411 e. The topological polar surface area (TPSA) is 68.0 Å². The molecular formula is C21H22ClN3O2S. The molecule has 0 saturated carbocycles. The first-order valence-electron chi connectivity index (χ1n) is 8.85. The number of hydrogen-bond donors (Lipinski definition) is 1. The highest BCUT2D eigenvalue weighted by Crippen LogP contribution is 2.28. The van der Waals surface area contributed by atoms with Crippen molar-refractivity contribution in [3.8, 4) is 11.5 Å². The van der Waals surface area contributed by atoms with Gasteiger partial charge in [0.2, 0.25) is 11.8 Å². The average molecular weight is 416 g/mol. The van der Waals surface area contributed by atoms with Crippen LogP contribution in [0.25, 0.3) is 11.5 Å². The van der Waals surface area contributed by atoms with Crippen LogP contribution in [0.3, 0.4) is 0 Å². The molecule has 0 aliphatic heterocycles.